The topological polar surface area (TPSA) is 38.0 Å². The summed E-state index contributed by atoms with van der Waals surface area (Å²) in [5.41, 5.74) is 7.69. The fourth-order valence-corrected chi connectivity index (χ4v) is 3.54. The first-order valence-electron chi connectivity index (χ1n) is 6.76. The van der Waals surface area contributed by atoms with Crippen LogP contribution in [0.4, 0.5) is 0 Å². The van der Waals surface area contributed by atoms with Crippen LogP contribution in [0.1, 0.15) is 50.4 Å². The van der Waals surface area contributed by atoms with Crippen LogP contribution in [0.25, 0.3) is 0 Å². The zero-order valence-electron chi connectivity index (χ0n) is 12.5. The lowest BCUT2D eigenvalue weighted by atomic mass is 9.92. The number of hydrogen-bond donors (Lipinski definition) is 2. The Hall–Kier alpha value is -0.860. The summed E-state index contributed by atoms with van der Waals surface area (Å²) in [5, 5.41) is 0. The highest BCUT2D eigenvalue weighted by Gasteiger charge is 2.67. The van der Waals surface area contributed by atoms with Gasteiger partial charge >= 0.3 is 0 Å². The highest BCUT2D eigenvalue weighted by molar-refractivity contribution is 5.36. The molecule has 2 heteroatoms. The van der Waals surface area contributed by atoms with Crippen molar-refractivity contribution in [1.82, 2.24) is 5.43 Å². The summed E-state index contributed by atoms with van der Waals surface area (Å²) in [4.78, 5) is 0. The number of aryl methyl sites for hydroxylation is 2. The number of hydrogen-bond acceptors (Lipinski definition) is 2. The molecule has 1 fully saturated rings. The van der Waals surface area contributed by atoms with Crippen LogP contribution in [0.15, 0.2) is 18.2 Å². The Labute approximate surface area is 111 Å². The van der Waals surface area contributed by atoms with Crippen molar-refractivity contribution in [3.8, 4) is 0 Å². The molecule has 3 N–H and O–H groups in total. The predicted octanol–water partition coefficient (Wildman–Crippen LogP) is 3.49. The van der Waals surface area contributed by atoms with E-state index < -0.39 is 0 Å². The van der Waals surface area contributed by atoms with Gasteiger partial charge in [-0.2, -0.15) is 0 Å². The van der Waals surface area contributed by atoms with Gasteiger partial charge in [0.1, 0.15) is 0 Å². The number of benzene rings is 1. The number of hydrazine groups is 1. The maximum Gasteiger partial charge on any atom is 0.0501 e. The van der Waals surface area contributed by atoms with Gasteiger partial charge in [0.15, 0.2) is 0 Å². The molecule has 0 aromatic heterocycles. The standard InChI is InChI=1S/C16H26N2/c1-10-7-8-11(2)12(9-10)13(18-17)14-15(3,4)16(14,5)6/h7-9,13-14,18H,17H2,1-6H3. The van der Waals surface area contributed by atoms with Crippen LogP contribution in [0.3, 0.4) is 0 Å². The van der Waals surface area contributed by atoms with E-state index in [2.05, 4.69) is 65.2 Å². The third-order valence-corrected chi connectivity index (χ3v) is 5.42. The predicted molar refractivity (Wildman–Crippen MR) is 77.0 cm³/mol. The molecule has 0 amide bonds. The van der Waals surface area contributed by atoms with Crippen LogP contribution in [-0.4, -0.2) is 0 Å². The van der Waals surface area contributed by atoms with Crippen LogP contribution in [-0.2, 0) is 0 Å². The van der Waals surface area contributed by atoms with Crippen LogP contribution in [0.5, 0.6) is 0 Å². The van der Waals surface area contributed by atoms with Crippen molar-refractivity contribution < 1.29 is 0 Å². The van der Waals surface area contributed by atoms with Crippen molar-refractivity contribution in [2.45, 2.75) is 47.6 Å². The minimum Gasteiger partial charge on any atom is -0.271 e. The summed E-state index contributed by atoms with van der Waals surface area (Å²) in [6, 6.07) is 6.87. The Morgan fingerprint density at radius 1 is 1.11 bits per heavy atom. The summed E-state index contributed by atoms with van der Waals surface area (Å²) in [6.45, 7) is 13.7. The Kier molecular flexibility index (Phi) is 3.07. The Morgan fingerprint density at radius 3 is 2.11 bits per heavy atom. The molecule has 100 valence electrons. The minimum absolute atomic E-state index is 0.245. The molecule has 0 radical (unpaired) electrons. The average molecular weight is 246 g/mol. The SMILES string of the molecule is Cc1ccc(C)c(C(NN)C2C(C)(C)C2(C)C)c1. The van der Waals surface area contributed by atoms with Crippen LogP contribution < -0.4 is 11.3 Å². The van der Waals surface area contributed by atoms with Crippen molar-refractivity contribution in [2.24, 2.45) is 22.6 Å². The zero-order chi connectivity index (χ0) is 13.7. The average Bonchev–Trinajstić information content (AvgIpc) is 2.67. The van der Waals surface area contributed by atoms with E-state index in [-0.39, 0.29) is 6.04 Å². The summed E-state index contributed by atoms with van der Waals surface area (Å²) in [6.07, 6.45) is 0. The lowest BCUT2D eigenvalue weighted by Crippen LogP contribution is -2.31. The Balaban J connectivity index is 2.39. The molecule has 0 aliphatic heterocycles. The molecule has 1 aliphatic rings. The second kappa shape index (κ2) is 4.07. The molecular formula is C16H26N2. The first-order valence-corrected chi connectivity index (χ1v) is 6.76. The lowest BCUT2D eigenvalue weighted by Gasteiger charge is -2.21. The van der Waals surface area contributed by atoms with E-state index in [1.54, 1.807) is 0 Å². The summed E-state index contributed by atoms with van der Waals surface area (Å²) >= 11 is 0. The molecule has 0 saturated heterocycles. The normalized spacial score (nSPS) is 22.8. The quantitative estimate of drug-likeness (QED) is 0.633. The molecule has 2 rings (SSSR count). The maximum absolute atomic E-state index is 5.86. The molecule has 1 unspecified atom stereocenters. The Bertz CT molecular complexity index is 446. The van der Waals surface area contributed by atoms with Crippen molar-refractivity contribution in [3.05, 3.63) is 34.9 Å². The molecule has 18 heavy (non-hydrogen) atoms. The third-order valence-electron chi connectivity index (χ3n) is 5.42. The van der Waals surface area contributed by atoms with Crippen LogP contribution >= 0.6 is 0 Å². The van der Waals surface area contributed by atoms with Crippen molar-refractivity contribution >= 4 is 0 Å². The summed E-state index contributed by atoms with van der Waals surface area (Å²) < 4.78 is 0. The van der Waals surface area contributed by atoms with Gasteiger partial charge in [0.25, 0.3) is 0 Å². The van der Waals surface area contributed by atoms with E-state index in [1.165, 1.54) is 16.7 Å². The first-order chi connectivity index (χ1) is 8.23. The van der Waals surface area contributed by atoms with Crippen molar-refractivity contribution in [1.29, 1.82) is 0 Å². The van der Waals surface area contributed by atoms with E-state index in [9.17, 15) is 0 Å². The van der Waals surface area contributed by atoms with E-state index in [0.29, 0.717) is 16.7 Å². The minimum atomic E-state index is 0.245. The molecule has 0 spiro atoms. The largest absolute Gasteiger partial charge is 0.271 e. The monoisotopic (exact) mass is 246 g/mol. The van der Waals surface area contributed by atoms with Gasteiger partial charge in [0.05, 0.1) is 6.04 Å². The fourth-order valence-electron chi connectivity index (χ4n) is 3.54. The number of nitrogens with one attached hydrogen (secondary N) is 1. The molecule has 0 heterocycles. The fraction of sp³-hybridized carbons (Fsp3) is 0.625. The highest BCUT2D eigenvalue weighted by atomic mass is 15.2. The van der Waals surface area contributed by atoms with E-state index in [4.69, 9.17) is 5.84 Å². The summed E-state index contributed by atoms with van der Waals surface area (Å²) in [5.74, 6) is 6.44. The second-order valence-corrected chi connectivity index (χ2v) is 6.93. The van der Waals surface area contributed by atoms with Gasteiger partial charge in [-0.1, -0.05) is 51.5 Å². The molecule has 1 saturated carbocycles. The number of nitrogens with two attached hydrogens (primary N) is 1. The van der Waals surface area contributed by atoms with Crippen LogP contribution in [0, 0.1) is 30.6 Å². The molecule has 1 aromatic carbocycles. The van der Waals surface area contributed by atoms with Gasteiger partial charge in [0.2, 0.25) is 0 Å². The molecule has 1 atom stereocenters. The van der Waals surface area contributed by atoms with Gasteiger partial charge in [-0.25, -0.2) is 0 Å². The third kappa shape index (κ3) is 1.79. The maximum atomic E-state index is 5.86. The molecule has 0 bridgehead atoms. The van der Waals surface area contributed by atoms with Gasteiger partial charge in [-0.3, -0.25) is 11.3 Å². The molecule has 1 aliphatic carbocycles. The zero-order valence-corrected chi connectivity index (χ0v) is 12.5. The van der Waals surface area contributed by atoms with Crippen LogP contribution in [0.2, 0.25) is 0 Å². The lowest BCUT2D eigenvalue weighted by molar-refractivity contribution is 0.416. The highest BCUT2D eigenvalue weighted by Crippen LogP contribution is 2.72. The van der Waals surface area contributed by atoms with E-state index >= 15 is 0 Å². The van der Waals surface area contributed by atoms with Crippen molar-refractivity contribution in [2.75, 3.05) is 0 Å². The summed E-state index contributed by atoms with van der Waals surface area (Å²) in [7, 11) is 0. The van der Waals surface area contributed by atoms with Gasteiger partial charge in [0, 0.05) is 0 Å². The Morgan fingerprint density at radius 2 is 1.67 bits per heavy atom. The van der Waals surface area contributed by atoms with Crippen molar-refractivity contribution in [3.63, 3.8) is 0 Å². The molecular weight excluding hydrogens is 220 g/mol. The first kappa shape index (κ1) is 13.6. The van der Waals surface area contributed by atoms with Gasteiger partial charge < -0.3 is 0 Å². The van der Waals surface area contributed by atoms with Gasteiger partial charge in [-0.05, 0) is 41.7 Å². The van der Waals surface area contributed by atoms with Gasteiger partial charge in [-0.15, -0.1) is 0 Å². The molecule has 2 nitrogen and oxygen atoms in total. The van der Waals surface area contributed by atoms with E-state index in [0.717, 1.165) is 0 Å². The smallest absolute Gasteiger partial charge is 0.0501 e. The molecule has 1 aromatic rings. The van der Waals surface area contributed by atoms with E-state index in [1.807, 2.05) is 0 Å². The second-order valence-electron chi connectivity index (χ2n) is 6.93. The number of rotatable bonds is 3.